The molecule has 0 aliphatic carbocycles. The second-order valence-corrected chi connectivity index (χ2v) is 10.4. The summed E-state index contributed by atoms with van der Waals surface area (Å²) in [5.41, 5.74) is -0.778. The van der Waals surface area contributed by atoms with E-state index in [-0.39, 0.29) is 17.9 Å². The molecule has 4 aromatic rings. The van der Waals surface area contributed by atoms with Crippen molar-refractivity contribution in [2.75, 3.05) is 6.61 Å². The molecule has 0 bridgehead atoms. The summed E-state index contributed by atoms with van der Waals surface area (Å²) in [6.07, 6.45) is 4.59. The van der Waals surface area contributed by atoms with E-state index in [0.717, 1.165) is 21.5 Å². The van der Waals surface area contributed by atoms with Gasteiger partial charge in [0.15, 0.2) is 17.5 Å². The largest absolute Gasteiger partial charge is 0.394 e. The van der Waals surface area contributed by atoms with Crippen LogP contribution >= 0.6 is 27.7 Å². The maximum atomic E-state index is 13.8. The molecule has 1 fully saturated rings. The van der Waals surface area contributed by atoms with Crippen molar-refractivity contribution in [3.05, 3.63) is 76.9 Å². The van der Waals surface area contributed by atoms with Crippen molar-refractivity contribution in [2.24, 2.45) is 0 Å². The number of halogens is 4. The second-order valence-electron chi connectivity index (χ2n) is 8.31. The normalized spacial score (nSPS) is 23.6. The van der Waals surface area contributed by atoms with Crippen molar-refractivity contribution in [1.29, 1.82) is 0 Å². The molecule has 1 aromatic carbocycles. The number of nitrogens with one attached hydrogen (secondary N) is 1. The summed E-state index contributed by atoms with van der Waals surface area (Å²) in [4.78, 5) is 12.0. The fourth-order valence-electron chi connectivity index (χ4n) is 4.04. The van der Waals surface area contributed by atoms with Gasteiger partial charge in [-0.05, 0) is 34.1 Å². The number of ether oxygens (including phenoxy) is 2. The van der Waals surface area contributed by atoms with Gasteiger partial charge < -0.3 is 24.7 Å². The van der Waals surface area contributed by atoms with Crippen molar-refractivity contribution < 1.29 is 32.9 Å². The van der Waals surface area contributed by atoms with Gasteiger partial charge in [-0.3, -0.25) is 4.98 Å². The maximum Gasteiger partial charge on any atom is 0.194 e. The molecular weight excluding hydrogens is 593 g/mol. The summed E-state index contributed by atoms with van der Waals surface area (Å²) in [7, 11) is 0. The highest BCUT2D eigenvalue weighted by atomic mass is 79.9. The zero-order valence-electron chi connectivity index (χ0n) is 19.3. The molecule has 1 aliphatic rings. The standard InChI is InChI=1S/C23H20BrF3N6O4S/c24-12-5-13(7-28-6-12)38-23-22(36-10-18-29-1-2-30-18)20(21(35)17(9-34)37-23)33-8-16(31-32-33)11-3-14(25)19(27)15(26)4-11/h1-8,17,20-23,34-35H,9-10H2,(H,29,30)/t17-,20+,21+,22-,23-/m1/s1. The first-order valence-electron chi connectivity index (χ1n) is 11.2. The zero-order chi connectivity index (χ0) is 26.8. The Kier molecular flexibility index (Phi) is 8.11. The minimum absolute atomic E-state index is 0.0256. The van der Waals surface area contributed by atoms with Gasteiger partial charge in [0.25, 0.3) is 0 Å². The Morgan fingerprint density at radius 2 is 1.97 bits per heavy atom. The van der Waals surface area contributed by atoms with Gasteiger partial charge >= 0.3 is 0 Å². The number of thioether (sulfide) groups is 1. The number of imidazole rings is 1. The number of H-pyrrole nitrogens is 1. The average molecular weight is 613 g/mol. The molecule has 0 unspecified atom stereocenters. The third-order valence-corrected chi connectivity index (χ3v) is 7.36. The molecule has 5 rings (SSSR count). The van der Waals surface area contributed by atoms with Crippen LogP contribution in [0.3, 0.4) is 0 Å². The summed E-state index contributed by atoms with van der Waals surface area (Å²) in [6.45, 7) is -0.482. The summed E-state index contributed by atoms with van der Waals surface area (Å²) in [5.74, 6) is -3.83. The topological polar surface area (TPSA) is 131 Å². The van der Waals surface area contributed by atoms with Crippen LogP contribution in [0.2, 0.25) is 0 Å². The fourth-order valence-corrected chi connectivity index (χ4v) is 5.71. The zero-order valence-corrected chi connectivity index (χ0v) is 21.7. The van der Waals surface area contributed by atoms with Crippen LogP contribution in [0.5, 0.6) is 0 Å². The monoisotopic (exact) mass is 612 g/mol. The van der Waals surface area contributed by atoms with Gasteiger partial charge in [0.05, 0.1) is 12.8 Å². The molecule has 0 amide bonds. The SMILES string of the molecule is OC[C@H]1O[C@H](Sc2cncc(Br)c2)[C@H](OCc2ncc[nH]2)[C@@H](n2cc(-c3cc(F)c(F)c(F)c3)nn2)[C@H]1O. The summed E-state index contributed by atoms with van der Waals surface area (Å²) in [5, 5.41) is 29.2. The molecule has 200 valence electrons. The van der Waals surface area contributed by atoms with E-state index in [2.05, 4.69) is 41.2 Å². The Morgan fingerprint density at radius 1 is 1.18 bits per heavy atom. The van der Waals surface area contributed by atoms with Gasteiger partial charge in [0, 0.05) is 39.7 Å². The van der Waals surface area contributed by atoms with Crippen LogP contribution in [0.1, 0.15) is 11.9 Å². The summed E-state index contributed by atoms with van der Waals surface area (Å²) in [6, 6.07) is 2.47. The molecule has 1 aliphatic heterocycles. The van der Waals surface area contributed by atoms with E-state index in [1.54, 1.807) is 24.8 Å². The first-order chi connectivity index (χ1) is 18.3. The average Bonchev–Trinajstić information content (AvgIpc) is 3.59. The van der Waals surface area contributed by atoms with E-state index < -0.39 is 53.8 Å². The van der Waals surface area contributed by atoms with Crippen LogP contribution in [-0.2, 0) is 16.1 Å². The smallest absolute Gasteiger partial charge is 0.194 e. The number of hydrogen-bond donors (Lipinski definition) is 3. The van der Waals surface area contributed by atoms with Gasteiger partial charge in [0.1, 0.15) is 47.9 Å². The molecule has 3 aromatic heterocycles. The number of aromatic amines is 1. The molecule has 3 N–H and O–H groups in total. The lowest BCUT2D eigenvalue weighted by Crippen LogP contribution is -2.55. The van der Waals surface area contributed by atoms with E-state index in [1.807, 2.05) is 6.07 Å². The van der Waals surface area contributed by atoms with Crippen LogP contribution in [0.25, 0.3) is 11.3 Å². The van der Waals surface area contributed by atoms with Crippen molar-refractivity contribution in [3.63, 3.8) is 0 Å². The number of rotatable bonds is 8. The van der Waals surface area contributed by atoms with Crippen molar-refractivity contribution in [1.82, 2.24) is 29.9 Å². The Balaban J connectivity index is 1.51. The Labute approximate surface area is 226 Å². The van der Waals surface area contributed by atoms with E-state index in [9.17, 15) is 23.4 Å². The van der Waals surface area contributed by atoms with Crippen LogP contribution in [-0.4, -0.2) is 70.5 Å². The van der Waals surface area contributed by atoms with Gasteiger partial charge in [-0.25, -0.2) is 22.8 Å². The molecule has 15 heteroatoms. The Morgan fingerprint density at radius 3 is 2.66 bits per heavy atom. The van der Waals surface area contributed by atoms with Crippen molar-refractivity contribution in [3.8, 4) is 11.3 Å². The molecule has 0 saturated carbocycles. The maximum absolute atomic E-state index is 13.8. The molecule has 5 atom stereocenters. The molecule has 0 spiro atoms. The first-order valence-corrected chi connectivity index (χ1v) is 12.9. The predicted molar refractivity (Wildman–Crippen MR) is 131 cm³/mol. The van der Waals surface area contributed by atoms with Crippen LogP contribution in [0, 0.1) is 17.5 Å². The third-order valence-electron chi connectivity index (χ3n) is 5.82. The Bertz CT molecular complexity index is 1370. The minimum Gasteiger partial charge on any atom is -0.394 e. The lowest BCUT2D eigenvalue weighted by molar-refractivity contribution is -0.196. The van der Waals surface area contributed by atoms with Gasteiger partial charge in [-0.2, -0.15) is 0 Å². The van der Waals surface area contributed by atoms with Crippen LogP contribution < -0.4 is 0 Å². The first kappa shape index (κ1) is 26.8. The predicted octanol–water partition coefficient (Wildman–Crippen LogP) is 3.24. The highest BCUT2D eigenvalue weighted by molar-refractivity contribution is 9.10. The van der Waals surface area contributed by atoms with Gasteiger partial charge in [-0.1, -0.05) is 17.0 Å². The number of aliphatic hydroxyl groups is 2. The van der Waals surface area contributed by atoms with Gasteiger partial charge in [0.2, 0.25) is 0 Å². The van der Waals surface area contributed by atoms with Crippen molar-refractivity contribution >= 4 is 27.7 Å². The number of hydrogen-bond acceptors (Lipinski definition) is 9. The van der Waals surface area contributed by atoms with E-state index in [1.165, 1.54) is 22.6 Å². The second kappa shape index (κ2) is 11.5. The van der Waals surface area contributed by atoms with Gasteiger partial charge in [-0.15, -0.1) is 5.10 Å². The van der Waals surface area contributed by atoms with Crippen LogP contribution in [0.15, 0.2) is 58.6 Å². The number of pyridine rings is 1. The molecular formula is C23H20BrF3N6O4S. The number of nitrogens with zero attached hydrogens (tertiary/aromatic N) is 5. The lowest BCUT2D eigenvalue weighted by Gasteiger charge is -2.43. The number of benzene rings is 1. The highest BCUT2D eigenvalue weighted by Crippen LogP contribution is 2.40. The summed E-state index contributed by atoms with van der Waals surface area (Å²) >= 11 is 4.64. The van der Waals surface area contributed by atoms with Crippen LogP contribution in [0.4, 0.5) is 13.2 Å². The van der Waals surface area contributed by atoms with E-state index in [4.69, 9.17) is 9.47 Å². The minimum atomic E-state index is -1.60. The molecule has 1 saturated heterocycles. The molecule has 4 heterocycles. The third kappa shape index (κ3) is 5.62. The molecule has 0 radical (unpaired) electrons. The molecule has 10 nitrogen and oxygen atoms in total. The quantitative estimate of drug-likeness (QED) is 0.257. The lowest BCUT2D eigenvalue weighted by atomic mass is 9.97. The van der Waals surface area contributed by atoms with E-state index in [0.29, 0.717) is 5.82 Å². The molecule has 38 heavy (non-hydrogen) atoms. The Hall–Kier alpha value is -2.82. The van der Waals surface area contributed by atoms with Crippen molar-refractivity contribution in [2.45, 2.75) is 41.3 Å². The number of aliphatic hydroxyl groups excluding tert-OH is 2. The number of aromatic nitrogens is 6. The fraction of sp³-hybridized carbons (Fsp3) is 0.304. The summed E-state index contributed by atoms with van der Waals surface area (Å²) < 4.78 is 55.3. The van der Waals surface area contributed by atoms with E-state index >= 15 is 0 Å². The highest BCUT2D eigenvalue weighted by Gasteiger charge is 2.48.